The zero-order chi connectivity index (χ0) is 27.0. The van der Waals surface area contributed by atoms with Crippen LogP contribution in [0.1, 0.15) is 28.2 Å². The summed E-state index contributed by atoms with van der Waals surface area (Å²) in [6, 6.07) is 31.7. The van der Waals surface area contributed by atoms with Crippen molar-refractivity contribution in [3.05, 3.63) is 124 Å². The van der Waals surface area contributed by atoms with Gasteiger partial charge in [-0.15, -0.1) is 0 Å². The molecule has 2 heterocycles. The summed E-state index contributed by atoms with van der Waals surface area (Å²) in [5, 5.41) is 5.41. The molecule has 6 nitrogen and oxygen atoms in total. The van der Waals surface area contributed by atoms with Gasteiger partial charge in [0.2, 0.25) is 16.9 Å². The van der Waals surface area contributed by atoms with Crippen molar-refractivity contribution >= 4 is 66.3 Å². The monoisotopic (exact) mass is 604 g/mol. The van der Waals surface area contributed by atoms with Crippen molar-refractivity contribution < 1.29 is 9.59 Å². The SMILES string of the molecule is O=C1[C@@H]2C3c4ccccc4C(/C=N\Nc4nc5ccccc5s4)(c4ccccc43)[C@H]2C(=O)N1c1ccc(Br)cc1. The Kier molecular flexibility index (Phi) is 5.15. The number of hydrogen-bond acceptors (Lipinski definition) is 6. The van der Waals surface area contributed by atoms with E-state index in [2.05, 4.69) is 50.6 Å². The number of nitrogens with one attached hydrogen (secondary N) is 1. The van der Waals surface area contributed by atoms with Crippen molar-refractivity contribution in [2.24, 2.45) is 16.9 Å². The van der Waals surface area contributed by atoms with Gasteiger partial charge in [-0.1, -0.05) is 87.9 Å². The van der Waals surface area contributed by atoms with Gasteiger partial charge in [0.15, 0.2) is 0 Å². The molecule has 0 spiro atoms. The molecule has 194 valence electrons. The lowest BCUT2D eigenvalue weighted by atomic mass is 9.47. The first-order valence-corrected chi connectivity index (χ1v) is 14.7. The Balaban J connectivity index is 1.32. The number of fused-ring (bicyclic) bond motifs is 1. The summed E-state index contributed by atoms with van der Waals surface area (Å²) in [7, 11) is 0. The number of hydrazone groups is 1. The maximum absolute atomic E-state index is 14.4. The summed E-state index contributed by atoms with van der Waals surface area (Å²) < 4.78 is 1.95. The predicted octanol–water partition coefficient (Wildman–Crippen LogP) is 6.71. The van der Waals surface area contributed by atoms with E-state index in [0.717, 1.165) is 36.9 Å². The second kappa shape index (κ2) is 8.68. The van der Waals surface area contributed by atoms with Crippen LogP contribution >= 0.6 is 27.3 Å². The molecule has 9 rings (SSSR count). The van der Waals surface area contributed by atoms with Crippen LogP contribution in [0.25, 0.3) is 10.2 Å². The first kappa shape index (κ1) is 23.7. The van der Waals surface area contributed by atoms with Gasteiger partial charge in [0.1, 0.15) is 0 Å². The topological polar surface area (TPSA) is 74.7 Å². The third kappa shape index (κ3) is 3.14. The van der Waals surface area contributed by atoms with Gasteiger partial charge in [0, 0.05) is 16.6 Å². The number of halogens is 1. The number of para-hydroxylation sites is 1. The highest BCUT2D eigenvalue weighted by Crippen LogP contribution is 2.63. The number of rotatable bonds is 4. The zero-order valence-electron chi connectivity index (χ0n) is 21.0. The second-order valence-electron chi connectivity index (χ2n) is 10.4. The van der Waals surface area contributed by atoms with Crippen molar-refractivity contribution in [1.29, 1.82) is 0 Å². The van der Waals surface area contributed by atoms with E-state index >= 15 is 0 Å². The Hall–Kier alpha value is -4.14. The van der Waals surface area contributed by atoms with Gasteiger partial charge in [0.05, 0.1) is 33.2 Å². The van der Waals surface area contributed by atoms with E-state index in [-0.39, 0.29) is 17.7 Å². The Morgan fingerprint density at radius 1 is 0.850 bits per heavy atom. The number of anilines is 2. The molecule has 2 atom stereocenters. The van der Waals surface area contributed by atoms with Crippen molar-refractivity contribution in [3.8, 4) is 0 Å². The molecule has 0 radical (unpaired) electrons. The van der Waals surface area contributed by atoms with Gasteiger partial charge >= 0.3 is 0 Å². The lowest BCUT2D eigenvalue weighted by Crippen LogP contribution is -2.54. The normalized spacial score (nSPS) is 24.4. The number of nitrogens with zero attached hydrogens (tertiary/aromatic N) is 3. The quantitative estimate of drug-likeness (QED) is 0.141. The van der Waals surface area contributed by atoms with Crippen LogP contribution in [0.15, 0.2) is 107 Å². The van der Waals surface area contributed by atoms with Gasteiger partial charge in [0.25, 0.3) is 0 Å². The van der Waals surface area contributed by atoms with Crippen LogP contribution in [0.3, 0.4) is 0 Å². The van der Waals surface area contributed by atoms with Gasteiger partial charge in [-0.05, 0) is 58.7 Å². The molecule has 8 heteroatoms. The fraction of sp³-hybridized carbons (Fsp3) is 0.125. The highest BCUT2D eigenvalue weighted by atomic mass is 79.9. The summed E-state index contributed by atoms with van der Waals surface area (Å²) >= 11 is 4.99. The average Bonchev–Trinajstić information content (AvgIpc) is 3.52. The number of carbonyl (C=O) groups excluding carboxylic acids is 2. The van der Waals surface area contributed by atoms with Gasteiger partial charge in [-0.25, -0.2) is 9.88 Å². The van der Waals surface area contributed by atoms with E-state index in [1.165, 1.54) is 16.2 Å². The maximum atomic E-state index is 14.4. The summed E-state index contributed by atoms with van der Waals surface area (Å²) in [5.41, 5.74) is 7.89. The molecule has 0 unspecified atom stereocenters. The zero-order valence-corrected chi connectivity index (χ0v) is 23.4. The van der Waals surface area contributed by atoms with E-state index < -0.39 is 17.3 Å². The number of imide groups is 1. The van der Waals surface area contributed by atoms with Crippen LogP contribution in [-0.2, 0) is 15.0 Å². The molecule has 2 amide bonds. The molecule has 1 fully saturated rings. The fourth-order valence-corrected chi connectivity index (χ4v) is 8.08. The smallest absolute Gasteiger partial charge is 0.239 e. The third-order valence-electron chi connectivity index (χ3n) is 8.49. The van der Waals surface area contributed by atoms with E-state index in [1.807, 2.05) is 79.0 Å². The van der Waals surface area contributed by atoms with Crippen LogP contribution in [0, 0.1) is 11.8 Å². The van der Waals surface area contributed by atoms with E-state index in [4.69, 9.17) is 5.10 Å². The van der Waals surface area contributed by atoms with E-state index in [0.29, 0.717) is 10.8 Å². The molecule has 3 aliphatic carbocycles. The number of aromatic nitrogens is 1. The molecular weight excluding hydrogens is 584 g/mol. The summed E-state index contributed by atoms with van der Waals surface area (Å²) in [6.07, 6.45) is 1.85. The first-order valence-electron chi connectivity index (χ1n) is 13.1. The molecule has 4 aliphatic rings. The average molecular weight is 606 g/mol. The minimum atomic E-state index is -0.923. The number of amides is 2. The van der Waals surface area contributed by atoms with Gasteiger partial charge < -0.3 is 0 Å². The molecule has 1 aromatic heterocycles. The van der Waals surface area contributed by atoms with E-state index in [9.17, 15) is 9.59 Å². The Morgan fingerprint density at radius 2 is 1.50 bits per heavy atom. The molecule has 4 aromatic carbocycles. The fourth-order valence-electron chi connectivity index (χ4n) is 7.00. The minimum absolute atomic E-state index is 0.164. The molecule has 1 aliphatic heterocycles. The van der Waals surface area contributed by atoms with Crippen molar-refractivity contribution in [1.82, 2.24) is 4.98 Å². The lowest BCUT2D eigenvalue weighted by Gasteiger charge is -2.52. The predicted molar refractivity (Wildman–Crippen MR) is 161 cm³/mol. The van der Waals surface area contributed by atoms with Crippen LogP contribution in [0.5, 0.6) is 0 Å². The third-order valence-corrected chi connectivity index (χ3v) is 9.96. The standard InChI is InChI=1S/C32H21BrN4O2S/c33-18-13-15-19(16-14-18)37-29(38)27-26-20-7-1-3-9-22(20)32(28(27)30(37)39,23-10-4-2-8-21(23)26)17-34-36-31-35-24-11-5-6-12-25(24)40-31/h1-17,26-28H,(H,35,36)/b34-17-/t26?,27-,28-,32?/m1/s1. The number of hydrogen-bond donors (Lipinski definition) is 1. The summed E-state index contributed by atoms with van der Waals surface area (Å²) in [6.45, 7) is 0. The van der Waals surface area contributed by atoms with Crippen LogP contribution in [0.2, 0.25) is 0 Å². The maximum Gasteiger partial charge on any atom is 0.239 e. The summed E-state index contributed by atoms with van der Waals surface area (Å²) in [5.74, 6) is -1.72. The second-order valence-corrected chi connectivity index (χ2v) is 12.3. The number of benzene rings is 4. The van der Waals surface area contributed by atoms with Crippen molar-refractivity contribution in [2.45, 2.75) is 11.3 Å². The Labute approximate surface area is 242 Å². The number of thiazole rings is 1. The summed E-state index contributed by atoms with van der Waals surface area (Å²) in [4.78, 5) is 34.6. The van der Waals surface area contributed by atoms with Crippen LogP contribution in [0.4, 0.5) is 10.8 Å². The molecule has 5 aromatic rings. The molecule has 0 saturated carbocycles. The Bertz CT molecular complexity index is 1800. The molecular formula is C32H21BrN4O2S. The first-order chi connectivity index (χ1) is 19.6. The molecule has 1 saturated heterocycles. The lowest BCUT2D eigenvalue weighted by molar-refractivity contribution is -0.122. The van der Waals surface area contributed by atoms with Gasteiger partial charge in [-0.3, -0.25) is 15.0 Å². The molecule has 1 N–H and O–H groups in total. The van der Waals surface area contributed by atoms with Gasteiger partial charge in [-0.2, -0.15) is 5.10 Å². The highest BCUT2D eigenvalue weighted by molar-refractivity contribution is 9.10. The minimum Gasteiger partial charge on any atom is -0.274 e. The number of carbonyl (C=O) groups is 2. The van der Waals surface area contributed by atoms with Crippen LogP contribution < -0.4 is 10.3 Å². The highest BCUT2D eigenvalue weighted by Gasteiger charge is 2.68. The largest absolute Gasteiger partial charge is 0.274 e. The molecule has 2 bridgehead atoms. The van der Waals surface area contributed by atoms with Crippen molar-refractivity contribution in [3.63, 3.8) is 0 Å². The molecule has 40 heavy (non-hydrogen) atoms. The Morgan fingerprint density at radius 3 is 2.20 bits per heavy atom. The van der Waals surface area contributed by atoms with E-state index in [1.54, 1.807) is 0 Å². The van der Waals surface area contributed by atoms with Crippen LogP contribution in [-0.4, -0.2) is 23.0 Å². The van der Waals surface area contributed by atoms with Crippen molar-refractivity contribution in [2.75, 3.05) is 10.3 Å².